The van der Waals surface area contributed by atoms with Crippen molar-refractivity contribution >= 4 is 30.9 Å². The third-order valence-electron chi connectivity index (χ3n) is 4.82. The summed E-state index contributed by atoms with van der Waals surface area (Å²) < 4.78 is 54.2. The molecule has 1 aromatic carbocycles. The van der Waals surface area contributed by atoms with Crippen molar-refractivity contribution in [1.82, 2.24) is 9.55 Å². The number of nitriles is 1. The van der Waals surface area contributed by atoms with E-state index in [1.165, 1.54) is 35.0 Å². The summed E-state index contributed by atoms with van der Waals surface area (Å²) in [4.78, 5) is 14.9. The van der Waals surface area contributed by atoms with Crippen molar-refractivity contribution in [1.29, 1.82) is 5.26 Å². The molecule has 0 aliphatic rings. The van der Waals surface area contributed by atoms with Crippen LogP contribution in [0.15, 0.2) is 36.7 Å². The number of halogens is 3. The number of nitrogens with zero attached hydrogens (tertiary/aromatic N) is 3. The van der Waals surface area contributed by atoms with Crippen LogP contribution in [0.4, 0.5) is 23.7 Å². The first kappa shape index (κ1) is 25.1. The summed E-state index contributed by atoms with van der Waals surface area (Å²) in [5.41, 5.74) is -0.852. The number of benzene rings is 1. The fourth-order valence-electron chi connectivity index (χ4n) is 3.15. The average molecular weight is 493 g/mol. The van der Waals surface area contributed by atoms with E-state index in [-0.39, 0.29) is 40.5 Å². The monoisotopic (exact) mass is 492 g/mol. The van der Waals surface area contributed by atoms with E-state index in [0.717, 1.165) is 12.2 Å². The predicted molar refractivity (Wildman–Crippen MR) is 122 cm³/mol. The summed E-state index contributed by atoms with van der Waals surface area (Å²) in [5, 5.41) is 20.1. The number of amides is 1. The molecule has 0 spiro atoms. The zero-order chi connectivity index (χ0) is 25.1. The van der Waals surface area contributed by atoms with Crippen molar-refractivity contribution in [3.63, 3.8) is 0 Å². The van der Waals surface area contributed by atoms with Gasteiger partial charge >= 0.3 is 12.3 Å². The number of aromatic nitrogens is 2. The molecule has 12 heteroatoms. The van der Waals surface area contributed by atoms with Crippen LogP contribution in [0, 0.1) is 11.3 Å². The largest absolute Gasteiger partial charge is 0.465 e. The third-order valence-corrected chi connectivity index (χ3v) is 6.53. The fraction of sp³-hybridized carbons (Fsp3) is 0.318. The van der Waals surface area contributed by atoms with Gasteiger partial charge in [-0.25, -0.2) is 9.78 Å². The van der Waals surface area contributed by atoms with Gasteiger partial charge < -0.3 is 19.1 Å². The number of fused-ring (bicyclic) bond motifs is 1. The molecule has 0 fully saturated rings. The summed E-state index contributed by atoms with van der Waals surface area (Å²) in [5.74, 6) is -0.174. The molecular weight excluding hydrogens is 469 g/mol. The van der Waals surface area contributed by atoms with Crippen molar-refractivity contribution in [2.24, 2.45) is 0 Å². The lowest BCUT2D eigenvalue weighted by molar-refractivity contribution is -0.136. The lowest BCUT2D eigenvalue weighted by atomic mass is 10.1. The highest BCUT2D eigenvalue weighted by Crippen LogP contribution is 2.41. The Kier molecular flexibility index (Phi) is 7.18. The standard InChI is InChI=1S/C22H23F3N4O4Si/c1-34(2,3)9-8-32-13-29-12-16(22(23,24)25)19-18(6-7-27-20(19)29)33-17-5-4-15(28-21(30)31)10-14(17)11-26/h4-7,10,12,28H,8-9,13H2,1-3H3,(H,30,31). The highest BCUT2D eigenvalue weighted by Gasteiger charge is 2.36. The van der Waals surface area contributed by atoms with E-state index in [2.05, 4.69) is 29.9 Å². The van der Waals surface area contributed by atoms with Crippen molar-refractivity contribution in [2.45, 2.75) is 38.6 Å². The maximum Gasteiger partial charge on any atom is 0.418 e. The Morgan fingerprint density at radius 1 is 1.26 bits per heavy atom. The average Bonchev–Trinajstić information content (AvgIpc) is 3.11. The Morgan fingerprint density at radius 3 is 2.62 bits per heavy atom. The summed E-state index contributed by atoms with van der Waals surface area (Å²) in [7, 11) is -1.36. The van der Waals surface area contributed by atoms with Crippen LogP contribution in [0.2, 0.25) is 25.7 Å². The second kappa shape index (κ2) is 9.74. The quantitative estimate of drug-likeness (QED) is 0.290. The molecule has 0 atom stereocenters. The van der Waals surface area contributed by atoms with E-state index >= 15 is 0 Å². The first-order chi connectivity index (χ1) is 15.9. The second-order valence-corrected chi connectivity index (χ2v) is 14.3. The molecule has 180 valence electrons. The van der Waals surface area contributed by atoms with Crippen molar-refractivity contribution in [3.8, 4) is 17.6 Å². The van der Waals surface area contributed by atoms with E-state index in [9.17, 15) is 23.2 Å². The van der Waals surface area contributed by atoms with Crippen LogP contribution >= 0.6 is 0 Å². The Bertz CT molecular complexity index is 1250. The number of hydrogen-bond acceptors (Lipinski definition) is 5. The van der Waals surface area contributed by atoms with Crippen LogP contribution in [0.5, 0.6) is 11.5 Å². The van der Waals surface area contributed by atoms with Gasteiger partial charge in [-0.2, -0.15) is 18.4 Å². The molecule has 3 aromatic rings. The molecule has 0 saturated heterocycles. The number of nitrogens with one attached hydrogen (secondary N) is 1. The van der Waals surface area contributed by atoms with Gasteiger partial charge in [-0.05, 0) is 30.3 Å². The van der Waals surface area contributed by atoms with Crippen LogP contribution in [0.1, 0.15) is 11.1 Å². The predicted octanol–water partition coefficient (Wildman–Crippen LogP) is 6.12. The Hall–Kier alpha value is -3.56. The molecule has 34 heavy (non-hydrogen) atoms. The minimum absolute atomic E-state index is 0.0282. The maximum atomic E-state index is 13.9. The van der Waals surface area contributed by atoms with Crippen LogP contribution in [-0.2, 0) is 17.6 Å². The summed E-state index contributed by atoms with van der Waals surface area (Å²) in [6.07, 6.45) is -3.76. The molecule has 2 N–H and O–H groups in total. The zero-order valence-corrected chi connectivity index (χ0v) is 19.7. The number of hydrogen-bond donors (Lipinski definition) is 2. The number of carbonyl (C=O) groups is 1. The van der Waals surface area contributed by atoms with Crippen LogP contribution in [-0.4, -0.2) is 35.4 Å². The normalized spacial score (nSPS) is 11.9. The lowest BCUT2D eigenvalue weighted by Crippen LogP contribution is -2.22. The second-order valence-electron chi connectivity index (χ2n) is 8.72. The molecule has 0 saturated carbocycles. The lowest BCUT2D eigenvalue weighted by Gasteiger charge is -2.15. The molecule has 3 rings (SSSR count). The number of alkyl halides is 3. The topological polar surface area (TPSA) is 109 Å². The number of anilines is 1. The molecule has 2 heterocycles. The number of pyridine rings is 1. The molecule has 8 nitrogen and oxygen atoms in total. The highest BCUT2D eigenvalue weighted by molar-refractivity contribution is 6.76. The fourth-order valence-corrected chi connectivity index (χ4v) is 3.91. The van der Waals surface area contributed by atoms with Crippen molar-refractivity contribution < 1.29 is 32.5 Å². The molecule has 1 amide bonds. The van der Waals surface area contributed by atoms with Gasteiger partial charge in [0.1, 0.15) is 29.9 Å². The number of ether oxygens (including phenoxy) is 2. The first-order valence-electron chi connectivity index (χ1n) is 10.2. The summed E-state index contributed by atoms with van der Waals surface area (Å²) in [6.45, 7) is 6.85. The van der Waals surface area contributed by atoms with Crippen molar-refractivity contribution in [3.05, 3.63) is 47.8 Å². The maximum absolute atomic E-state index is 13.9. The SMILES string of the molecule is C[Si](C)(C)CCOCn1cc(C(F)(F)F)c2c(Oc3ccc(NC(=O)O)cc3C#N)ccnc21. The van der Waals surface area contributed by atoms with E-state index in [4.69, 9.17) is 14.6 Å². The minimum Gasteiger partial charge on any atom is -0.465 e. The van der Waals surface area contributed by atoms with Gasteiger partial charge in [-0.3, -0.25) is 5.32 Å². The van der Waals surface area contributed by atoms with Gasteiger partial charge in [0, 0.05) is 32.8 Å². The van der Waals surface area contributed by atoms with Gasteiger partial charge in [-0.15, -0.1) is 0 Å². The summed E-state index contributed by atoms with van der Waals surface area (Å²) in [6, 6.07) is 7.87. The molecule has 2 aromatic heterocycles. The van der Waals surface area contributed by atoms with Gasteiger partial charge in [0.2, 0.25) is 0 Å². The van der Waals surface area contributed by atoms with Crippen LogP contribution in [0.25, 0.3) is 11.0 Å². The van der Waals surface area contributed by atoms with Gasteiger partial charge in [0.25, 0.3) is 0 Å². The van der Waals surface area contributed by atoms with Crippen LogP contribution in [0.3, 0.4) is 0 Å². The van der Waals surface area contributed by atoms with E-state index in [1.807, 2.05) is 6.07 Å². The molecule has 0 unspecified atom stereocenters. The molecular formula is C22H23F3N4O4Si. The summed E-state index contributed by atoms with van der Waals surface area (Å²) >= 11 is 0. The van der Waals surface area contributed by atoms with Gasteiger partial charge in [-0.1, -0.05) is 19.6 Å². The minimum atomic E-state index is -4.68. The molecule has 0 aliphatic carbocycles. The highest BCUT2D eigenvalue weighted by atomic mass is 28.3. The number of carboxylic acid groups (broad SMARTS) is 1. The van der Waals surface area contributed by atoms with E-state index in [0.29, 0.717) is 6.61 Å². The molecule has 0 aliphatic heterocycles. The van der Waals surface area contributed by atoms with Gasteiger partial charge in [0.15, 0.2) is 0 Å². The Labute approximate surface area is 194 Å². The van der Waals surface area contributed by atoms with Crippen LogP contribution < -0.4 is 10.1 Å². The molecule has 0 bridgehead atoms. The Balaban J connectivity index is 1.98. The zero-order valence-electron chi connectivity index (χ0n) is 18.7. The first-order valence-corrected chi connectivity index (χ1v) is 13.9. The Morgan fingerprint density at radius 2 is 2.00 bits per heavy atom. The van der Waals surface area contributed by atoms with E-state index < -0.39 is 25.9 Å². The van der Waals surface area contributed by atoms with E-state index in [1.54, 1.807) is 0 Å². The number of rotatable bonds is 8. The van der Waals surface area contributed by atoms with Gasteiger partial charge in [0.05, 0.1) is 16.5 Å². The van der Waals surface area contributed by atoms with Crippen molar-refractivity contribution in [2.75, 3.05) is 11.9 Å². The smallest absolute Gasteiger partial charge is 0.418 e. The third kappa shape index (κ3) is 6.06. The molecule has 0 radical (unpaired) electrons.